The van der Waals surface area contributed by atoms with Crippen molar-refractivity contribution in [3.05, 3.63) is 78.5 Å². The Kier molecular flexibility index (Phi) is 9.68. The number of carboxylic acid groups (broad SMARTS) is 1. The maximum Gasteiger partial charge on any atom is 0.341 e. The topological polar surface area (TPSA) is 135 Å². The van der Waals surface area contributed by atoms with E-state index in [1.54, 1.807) is 56.3 Å². The van der Waals surface area contributed by atoms with Gasteiger partial charge in [0.15, 0.2) is 34.4 Å². The number of hydrogen-bond donors (Lipinski definition) is 1. The van der Waals surface area contributed by atoms with Gasteiger partial charge in [0, 0.05) is 5.56 Å². The zero-order valence-corrected chi connectivity index (χ0v) is 24.8. The molecule has 2 aromatic carbocycles. The molecule has 3 aromatic rings. The number of nitrogens with zero attached hydrogens (tertiary/aromatic N) is 2. The van der Waals surface area contributed by atoms with E-state index in [-0.39, 0.29) is 23.5 Å². The number of fused-ring (bicyclic) bond motifs is 1. The molecule has 0 fully saturated rings. The van der Waals surface area contributed by atoms with Crippen LogP contribution in [0.25, 0.3) is 6.08 Å². The van der Waals surface area contributed by atoms with Gasteiger partial charge >= 0.3 is 11.9 Å². The Labute approximate surface area is 245 Å². The van der Waals surface area contributed by atoms with Gasteiger partial charge in [0.05, 0.1) is 43.2 Å². The number of aromatic nitrogens is 1. The summed E-state index contributed by atoms with van der Waals surface area (Å²) >= 11 is 1.17. The van der Waals surface area contributed by atoms with Crippen LogP contribution in [0.3, 0.4) is 0 Å². The highest BCUT2D eigenvalue weighted by atomic mass is 32.1. The molecule has 12 heteroatoms. The Morgan fingerprint density at radius 1 is 1.07 bits per heavy atom. The van der Waals surface area contributed by atoms with E-state index in [1.165, 1.54) is 30.1 Å². The molecule has 4 rings (SSSR count). The first-order chi connectivity index (χ1) is 20.2. The molecule has 0 aliphatic carbocycles. The summed E-state index contributed by atoms with van der Waals surface area (Å²) in [6.45, 7) is 5.44. The second-order valence-electron chi connectivity index (χ2n) is 9.12. The Morgan fingerprint density at radius 2 is 1.83 bits per heavy atom. The number of rotatable bonds is 12. The van der Waals surface area contributed by atoms with E-state index in [9.17, 15) is 14.4 Å². The van der Waals surface area contributed by atoms with Gasteiger partial charge in [-0.15, -0.1) is 0 Å². The number of hydrogen-bond acceptors (Lipinski definition) is 10. The van der Waals surface area contributed by atoms with Crippen molar-refractivity contribution in [1.29, 1.82) is 0 Å². The highest BCUT2D eigenvalue weighted by Crippen LogP contribution is 2.41. The number of carbonyl (C=O) groups is 2. The summed E-state index contributed by atoms with van der Waals surface area (Å²) in [7, 11) is 2.97. The summed E-state index contributed by atoms with van der Waals surface area (Å²) in [6.07, 6.45) is 2.41. The summed E-state index contributed by atoms with van der Waals surface area (Å²) in [5.41, 5.74) is 1.47. The summed E-state index contributed by atoms with van der Waals surface area (Å²) in [5, 5.41) is 8.93. The summed E-state index contributed by atoms with van der Waals surface area (Å²) < 4.78 is 29.6. The Bertz CT molecular complexity index is 1700. The first kappa shape index (κ1) is 30.4. The van der Waals surface area contributed by atoms with Crippen LogP contribution in [-0.2, 0) is 14.3 Å². The number of ether oxygens (including phenoxy) is 5. The molecule has 0 spiro atoms. The van der Waals surface area contributed by atoms with Gasteiger partial charge in [-0.05, 0) is 50.1 Å². The third kappa shape index (κ3) is 6.18. The number of allylic oxidation sites excluding steroid dienone is 1. The largest absolute Gasteiger partial charge is 0.493 e. The fraction of sp³-hybridized carbons (Fsp3) is 0.333. The number of methoxy groups -OCH3 is 2. The zero-order valence-electron chi connectivity index (χ0n) is 24.0. The summed E-state index contributed by atoms with van der Waals surface area (Å²) in [4.78, 5) is 43.3. The van der Waals surface area contributed by atoms with Crippen molar-refractivity contribution in [3.8, 4) is 23.0 Å². The summed E-state index contributed by atoms with van der Waals surface area (Å²) in [5.74, 6) is -0.230. The lowest BCUT2D eigenvalue weighted by molar-refractivity contribution is -0.140. The summed E-state index contributed by atoms with van der Waals surface area (Å²) in [6, 6.07) is 9.35. The molecule has 42 heavy (non-hydrogen) atoms. The first-order valence-corrected chi connectivity index (χ1v) is 14.1. The van der Waals surface area contributed by atoms with Crippen LogP contribution in [0.15, 0.2) is 57.5 Å². The van der Waals surface area contributed by atoms with E-state index >= 15 is 0 Å². The molecule has 0 amide bonds. The SMILES string of the molecule is CCCOc1c(OC)cccc1C1C(C(=O)OCC)=C(C)N=c2s/c(=C/c3ccc(OCC(=O)O)c(OC)c3)c(=O)n21. The van der Waals surface area contributed by atoms with E-state index in [1.807, 2.05) is 6.92 Å². The van der Waals surface area contributed by atoms with Crippen LogP contribution in [0.5, 0.6) is 23.0 Å². The molecule has 0 radical (unpaired) electrons. The molecule has 0 bridgehead atoms. The molecule has 1 aliphatic rings. The van der Waals surface area contributed by atoms with E-state index in [0.29, 0.717) is 50.0 Å². The molecular formula is C30H32N2O9S. The molecule has 0 saturated heterocycles. The fourth-order valence-electron chi connectivity index (χ4n) is 4.54. The second kappa shape index (κ2) is 13.4. The maximum absolute atomic E-state index is 14.0. The average Bonchev–Trinajstić information content (AvgIpc) is 3.28. The van der Waals surface area contributed by atoms with Crippen LogP contribution >= 0.6 is 11.3 Å². The second-order valence-corrected chi connectivity index (χ2v) is 10.1. The van der Waals surface area contributed by atoms with Crippen LogP contribution in [0.2, 0.25) is 0 Å². The number of thiazole rings is 1. The van der Waals surface area contributed by atoms with Crippen molar-refractivity contribution >= 4 is 29.4 Å². The third-order valence-electron chi connectivity index (χ3n) is 6.33. The first-order valence-electron chi connectivity index (χ1n) is 13.3. The lowest BCUT2D eigenvalue weighted by Gasteiger charge is -2.27. The molecule has 222 valence electrons. The number of carbonyl (C=O) groups excluding carboxylic acids is 1. The van der Waals surface area contributed by atoms with Crippen molar-refractivity contribution in [3.63, 3.8) is 0 Å². The fourth-order valence-corrected chi connectivity index (χ4v) is 5.58. The van der Waals surface area contributed by atoms with Gasteiger partial charge in [-0.1, -0.05) is 36.5 Å². The Morgan fingerprint density at radius 3 is 2.50 bits per heavy atom. The standard InChI is InChI=1S/C30H32N2O9S/c1-6-13-40-27-19(9-8-10-21(27)37-4)26-25(29(36)39-7-2)17(3)31-30-32(26)28(35)23(42-30)15-18-11-12-20(22(14-18)38-5)41-16-24(33)34/h8-12,14-15,26H,6-7,13,16H2,1-5H3,(H,33,34)/b23-15+. The molecule has 0 saturated carbocycles. The Balaban J connectivity index is 1.92. The van der Waals surface area contributed by atoms with Crippen LogP contribution in [0.4, 0.5) is 0 Å². The van der Waals surface area contributed by atoms with Crippen molar-refractivity contribution in [2.45, 2.75) is 33.2 Å². The van der Waals surface area contributed by atoms with Crippen LogP contribution in [-0.4, -0.2) is 55.7 Å². The highest BCUT2D eigenvalue weighted by molar-refractivity contribution is 7.07. The number of aliphatic carboxylic acids is 1. The van der Waals surface area contributed by atoms with Gasteiger partial charge in [-0.25, -0.2) is 14.6 Å². The molecule has 2 heterocycles. The van der Waals surface area contributed by atoms with Gasteiger partial charge < -0.3 is 28.8 Å². The van der Waals surface area contributed by atoms with Crippen molar-refractivity contribution in [2.75, 3.05) is 34.0 Å². The van der Waals surface area contributed by atoms with Gasteiger partial charge in [0.25, 0.3) is 5.56 Å². The third-order valence-corrected chi connectivity index (χ3v) is 7.31. The number of esters is 1. The minimum absolute atomic E-state index is 0.151. The van der Waals surface area contributed by atoms with E-state index in [4.69, 9.17) is 28.8 Å². The quantitative estimate of drug-likeness (QED) is 0.313. The van der Waals surface area contributed by atoms with Gasteiger partial charge in [-0.3, -0.25) is 9.36 Å². The molecule has 1 unspecified atom stereocenters. The zero-order chi connectivity index (χ0) is 30.4. The molecular weight excluding hydrogens is 564 g/mol. The molecule has 1 atom stereocenters. The van der Waals surface area contributed by atoms with E-state index in [2.05, 4.69) is 4.99 Å². The monoisotopic (exact) mass is 596 g/mol. The van der Waals surface area contributed by atoms with Gasteiger partial charge in [-0.2, -0.15) is 0 Å². The molecule has 1 aromatic heterocycles. The smallest absolute Gasteiger partial charge is 0.341 e. The minimum atomic E-state index is -1.12. The van der Waals surface area contributed by atoms with Crippen LogP contribution in [0.1, 0.15) is 44.4 Å². The molecule has 11 nitrogen and oxygen atoms in total. The van der Waals surface area contributed by atoms with E-state index in [0.717, 1.165) is 6.42 Å². The van der Waals surface area contributed by atoms with Crippen LogP contribution in [0, 0.1) is 0 Å². The predicted molar refractivity (Wildman–Crippen MR) is 155 cm³/mol. The minimum Gasteiger partial charge on any atom is -0.493 e. The molecule has 1 N–H and O–H groups in total. The van der Waals surface area contributed by atoms with Gasteiger partial charge in [0.2, 0.25) is 0 Å². The van der Waals surface area contributed by atoms with Crippen LogP contribution < -0.4 is 33.8 Å². The van der Waals surface area contributed by atoms with Crippen molar-refractivity contribution < 1.29 is 38.4 Å². The normalized spacial score (nSPS) is 14.6. The predicted octanol–water partition coefficient (Wildman–Crippen LogP) is 3.07. The maximum atomic E-state index is 14.0. The highest BCUT2D eigenvalue weighted by Gasteiger charge is 2.36. The van der Waals surface area contributed by atoms with Gasteiger partial charge in [0.1, 0.15) is 6.04 Å². The van der Waals surface area contributed by atoms with Crippen molar-refractivity contribution in [2.24, 2.45) is 4.99 Å². The molecule has 1 aliphatic heterocycles. The average molecular weight is 597 g/mol. The number of para-hydroxylation sites is 1. The lowest BCUT2D eigenvalue weighted by atomic mass is 9.94. The number of benzene rings is 2. The number of carboxylic acids is 1. The van der Waals surface area contributed by atoms with E-state index < -0.39 is 24.6 Å². The Hall–Kier alpha value is -4.58. The lowest BCUT2D eigenvalue weighted by Crippen LogP contribution is -2.40. The van der Waals surface area contributed by atoms with Crippen molar-refractivity contribution in [1.82, 2.24) is 4.57 Å².